The first kappa shape index (κ1) is 25.1. The monoisotopic (exact) mass is 550 g/mol. The van der Waals surface area contributed by atoms with Crippen LogP contribution in [0, 0.1) is 0 Å². The highest BCUT2D eigenvalue weighted by Crippen LogP contribution is 2.35. The number of nitrogens with zero attached hydrogens (tertiary/aromatic N) is 1. The number of hydrogen-bond acceptors (Lipinski definition) is 5. The minimum atomic E-state index is -0.238. The number of carbonyl (C=O) groups is 2. The van der Waals surface area contributed by atoms with Crippen LogP contribution in [0.4, 0.5) is 22.7 Å². The lowest BCUT2D eigenvalue weighted by atomic mass is 10.1. The molecule has 1 aliphatic heterocycles. The smallest absolute Gasteiger partial charge is 0.255 e. The fourth-order valence-corrected chi connectivity index (χ4v) is 5.05. The summed E-state index contributed by atoms with van der Waals surface area (Å²) in [4.78, 5) is 34.0. The summed E-state index contributed by atoms with van der Waals surface area (Å²) in [6, 6.07) is 37.7. The van der Waals surface area contributed by atoms with E-state index in [-0.39, 0.29) is 18.0 Å². The van der Waals surface area contributed by atoms with Gasteiger partial charge in [-0.1, -0.05) is 48.5 Å². The van der Waals surface area contributed by atoms with Gasteiger partial charge in [-0.25, -0.2) is 4.98 Å². The number of imidazole rings is 1. The summed E-state index contributed by atoms with van der Waals surface area (Å²) in [6.45, 7) is 0. The van der Waals surface area contributed by atoms with E-state index in [2.05, 4.69) is 31.2 Å². The van der Waals surface area contributed by atoms with Gasteiger partial charge in [-0.05, 0) is 78.4 Å². The second-order valence-corrected chi connectivity index (χ2v) is 10.1. The SMILES string of the molecule is O=C(Nc1ccc(NC(=O)c2cccc(C3Nc4ccccc4N3)c2)cc1)c1cccc(-c2nc3ccccc3[nH]2)c1. The van der Waals surface area contributed by atoms with E-state index < -0.39 is 0 Å². The Kier molecular flexibility index (Phi) is 6.33. The van der Waals surface area contributed by atoms with Crippen LogP contribution < -0.4 is 21.3 Å². The Morgan fingerprint density at radius 2 is 1.21 bits per heavy atom. The second kappa shape index (κ2) is 10.6. The topological polar surface area (TPSA) is 111 Å². The maximum atomic E-state index is 13.0. The first-order valence-electron chi connectivity index (χ1n) is 13.6. The Labute approximate surface area is 241 Å². The molecule has 0 spiro atoms. The molecule has 8 heteroatoms. The molecule has 0 fully saturated rings. The minimum Gasteiger partial charge on any atom is -0.360 e. The quantitative estimate of drug-likeness (QED) is 0.150. The average Bonchev–Trinajstić information content (AvgIpc) is 3.67. The van der Waals surface area contributed by atoms with Gasteiger partial charge in [0.05, 0.1) is 22.4 Å². The lowest BCUT2D eigenvalue weighted by molar-refractivity contribution is 0.101. The molecule has 8 nitrogen and oxygen atoms in total. The molecule has 204 valence electrons. The molecule has 0 saturated carbocycles. The minimum absolute atomic E-state index is 0.113. The van der Waals surface area contributed by atoms with E-state index >= 15 is 0 Å². The number of benzene rings is 5. The van der Waals surface area contributed by atoms with Crippen LogP contribution in [0.2, 0.25) is 0 Å². The van der Waals surface area contributed by atoms with E-state index in [1.54, 1.807) is 36.4 Å². The van der Waals surface area contributed by atoms with Crippen molar-refractivity contribution in [1.82, 2.24) is 9.97 Å². The number of aromatic amines is 1. The summed E-state index contributed by atoms with van der Waals surface area (Å²) < 4.78 is 0. The number of hydrogen-bond donors (Lipinski definition) is 5. The van der Waals surface area contributed by atoms with Crippen LogP contribution in [0.25, 0.3) is 22.4 Å². The Balaban J connectivity index is 0.996. The van der Waals surface area contributed by atoms with Gasteiger partial charge in [-0.3, -0.25) is 9.59 Å². The molecule has 42 heavy (non-hydrogen) atoms. The molecule has 1 aliphatic rings. The second-order valence-electron chi connectivity index (χ2n) is 10.1. The number of aromatic nitrogens is 2. The Hall–Kier alpha value is -5.89. The average molecular weight is 551 g/mol. The number of H-pyrrole nitrogens is 1. The third kappa shape index (κ3) is 5.04. The van der Waals surface area contributed by atoms with E-state index in [9.17, 15) is 9.59 Å². The standard InChI is InChI=1S/C34H26N6O2/c41-33(23-9-5-7-21(19-23)31-37-27-11-1-2-12-28(27)38-31)35-25-15-17-26(18-16-25)36-34(42)24-10-6-8-22(20-24)32-39-29-13-3-4-14-30(29)40-32/h1-20,31,37-38H,(H,35,41)(H,36,42)(H,39,40). The van der Waals surface area contributed by atoms with Crippen LogP contribution in [-0.4, -0.2) is 21.8 Å². The number of rotatable bonds is 6. The van der Waals surface area contributed by atoms with Gasteiger partial charge in [0.2, 0.25) is 0 Å². The molecule has 0 aliphatic carbocycles. The number of anilines is 4. The van der Waals surface area contributed by atoms with Gasteiger partial charge in [0, 0.05) is 28.1 Å². The zero-order chi connectivity index (χ0) is 28.5. The molecular formula is C34H26N6O2. The molecule has 0 bridgehead atoms. The number of carbonyl (C=O) groups excluding carboxylic acids is 2. The van der Waals surface area contributed by atoms with Gasteiger partial charge in [0.15, 0.2) is 0 Å². The molecule has 0 atom stereocenters. The summed E-state index contributed by atoms with van der Waals surface area (Å²) >= 11 is 0. The van der Waals surface area contributed by atoms with Crippen LogP contribution in [0.3, 0.4) is 0 Å². The maximum absolute atomic E-state index is 13.0. The van der Waals surface area contributed by atoms with Gasteiger partial charge >= 0.3 is 0 Å². The highest BCUT2D eigenvalue weighted by molar-refractivity contribution is 6.06. The van der Waals surface area contributed by atoms with Crippen LogP contribution in [0.1, 0.15) is 32.4 Å². The van der Waals surface area contributed by atoms with Crippen molar-refractivity contribution in [1.29, 1.82) is 0 Å². The summed E-state index contributed by atoms with van der Waals surface area (Å²) in [6.07, 6.45) is -0.113. The van der Waals surface area contributed by atoms with Crippen molar-refractivity contribution in [2.75, 3.05) is 21.3 Å². The molecule has 5 aromatic carbocycles. The van der Waals surface area contributed by atoms with E-state index in [0.29, 0.717) is 28.3 Å². The molecule has 6 aromatic rings. The summed E-state index contributed by atoms with van der Waals surface area (Å²) in [5.41, 5.74) is 7.96. The number of para-hydroxylation sites is 4. The van der Waals surface area contributed by atoms with E-state index in [1.165, 1.54) is 0 Å². The summed E-state index contributed by atoms with van der Waals surface area (Å²) in [7, 11) is 0. The highest BCUT2D eigenvalue weighted by atomic mass is 16.2. The van der Waals surface area contributed by atoms with Gasteiger partial charge in [0.25, 0.3) is 11.8 Å². The highest BCUT2D eigenvalue weighted by Gasteiger charge is 2.21. The lowest BCUT2D eigenvalue weighted by Crippen LogP contribution is -2.16. The predicted octanol–water partition coefficient (Wildman–Crippen LogP) is 7.27. The van der Waals surface area contributed by atoms with Crippen molar-refractivity contribution >= 4 is 45.6 Å². The lowest BCUT2D eigenvalue weighted by Gasteiger charge is -2.14. The Morgan fingerprint density at radius 1 is 0.619 bits per heavy atom. The molecule has 2 amide bonds. The first-order chi connectivity index (χ1) is 20.6. The Morgan fingerprint density at radius 3 is 1.88 bits per heavy atom. The van der Waals surface area contributed by atoms with Crippen LogP contribution in [0.5, 0.6) is 0 Å². The van der Waals surface area contributed by atoms with Crippen LogP contribution in [-0.2, 0) is 0 Å². The fourth-order valence-electron chi connectivity index (χ4n) is 5.05. The van der Waals surface area contributed by atoms with Crippen molar-refractivity contribution in [3.8, 4) is 11.4 Å². The van der Waals surface area contributed by atoms with Gasteiger partial charge in [0.1, 0.15) is 12.0 Å². The van der Waals surface area contributed by atoms with E-state index in [4.69, 9.17) is 0 Å². The molecule has 0 unspecified atom stereocenters. The number of nitrogens with one attached hydrogen (secondary N) is 5. The van der Waals surface area contributed by atoms with Crippen molar-refractivity contribution in [3.05, 3.63) is 138 Å². The van der Waals surface area contributed by atoms with Gasteiger partial charge in [-0.15, -0.1) is 0 Å². The van der Waals surface area contributed by atoms with Crippen LogP contribution >= 0.6 is 0 Å². The summed E-state index contributed by atoms with van der Waals surface area (Å²) in [5, 5.41) is 12.7. The maximum Gasteiger partial charge on any atom is 0.255 e. The zero-order valence-corrected chi connectivity index (χ0v) is 22.4. The third-order valence-electron chi connectivity index (χ3n) is 7.20. The first-order valence-corrected chi connectivity index (χ1v) is 13.6. The Bertz CT molecular complexity index is 1890. The number of fused-ring (bicyclic) bond motifs is 2. The van der Waals surface area contributed by atoms with Crippen molar-refractivity contribution in [2.24, 2.45) is 0 Å². The van der Waals surface area contributed by atoms with Gasteiger partial charge < -0.3 is 26.3 Å². The molecule has 0 radical (unpaired) electrons. The predicted molar refractivity (Wildman–Crippen MR) is 167 cm³/mol. The van der Waals surface area contributed by atoms with Crippen molar-refractivity contribution in [3.63, 3.8) is 0 Å². The molecule has 0 saturated heterocycles. The van der Waals surface area contributed by atoms with Crippen molar-refractivity contribution in [2.45, 2.75) is 6.17 Å². The molecule has 7 rings (SSSR count). The summed E-state index contributed by atoms with van der Waals surface area (Å²) in [5.74, 6) is 0.252. The zero-order valence-electron chi connectivity index (χ0n) is 22.4. The molecular weight excluding hydrogens is 524 g/mol. The van der Waals surface area contributed by atoms with Crippen molar-refractivity contribution < 1.29 is 9.59 Å². The molecule has 2 heterocycles. The normalized spacial score (nSPS) is 12.3. The van der Waals surface area contributed by atoms with E-state index in [1.807, 2.05) is 84.9 Å². The van der Waals surface area contributed by atoms with E-state index in [0.717, 1.165) is 33.5 Å². The molecule has 5 N–H and O–H groups in total. The van der Waals surface area contributed by atoms with Gasteiger partial charge in [-0.2, -0.15) is 0 Å². The fraction of sp³-hybridized carbons (Fsp3) is 0.0294. The molecule has 1 aromatic heterocycles. The largest absolute Gasteiger partial charge is 0.360 e. The van der Waals surface area contributed by atoms with Crippen LogP contribution in [0.15, 0.2) is 121 Å². The number of amides is 2. The third-order valence-corrected chi connectivity index (χ3v) is 7.20.